The third-order valence-corrected chi connectivity index (χ3v) is 6.16. The van der Waals surface area contributed by atoms with Crippen molar-refractivity contribution >= 4 is 11.9 Å². The van der Waals surface area contributed by atoms with Crippen LogP contribution in [0.4, 0.5) is 19.1 Å². The number of halogens is 3. The van der Waals surface area contributed by atoms with E-state index in [1.807, 2.05) is 43.4 Å². The zero-order valence-corrected chi connectivity index (χ0v) is 20.0. The second kappa shape index (κ2) is 10.3. The maximum atomic E-state index is 10.6. The largest absolute Gasteiger partial charge is 0.490 e. The summed E-state index contributed by atoms with van der Waals surface area (Å²) in [7, 11) is 3.96. The number of furan rings is 1. The minimum absolute atomic E-state index is 0.0594. The number of carboxylic acids is 1. The molecule has 36 heavy (non-hydrogen) atoms. The highest BCUT2D eigenvalue weighted by Gasteiger charge is 2.45. The molecule has 1 unspecified atom stereocenters. The van der Waals surface area contributed by atoms with Gasteiger partial charge in [0.2, 0.25) is 5.95 Å². The number of ether oxygens (including phenoxy) is 1. The Hall–Kier alpha value is -3.44. The number of carboxylic acid groups (broad SMARTS) is 1. The van der Waals surface area contributed by atoms with Gasteiger partial charge < -0.3 is 19.2 Å². The van der Waals surface area contributed by atoms with E-state index in [2.05, 4.69) is 34.1 Å². The number of aromatic nitrogens is 2. The first-order chi connectivity index (χ1) is 17.1. The Morgan fingerprint density at radius 2 is 1.92 bits per heavy atom. The lowest BCUT2D eigenvalue weighted by Gasteiger charge is -2.34. The Bertz CT molecular complexity index is 1200. The average Bonchev–Trinajstić information content (AvgIpc) is 3.47. The highest BCUT2D eigenvalue weighted by Crippen LogP contribution is 2.40. The Morgan fingerprint density at radius 1 is 1.19 bits per heavy atom. The van der Waals surface area contributed by atoms with Crippen LogP contribution in [0.15, 0.2) is 53.1 Å². The van der Waals surface area contributed by atoms with Crippen LogP contribution in [0, 0.1) is 0 Å². The molecule has 1 saturated heterocycles. The fraction of sp³-hybridized carbons (Fsp3) is 0.400. The summed E-state index contributed by atoms with van der Waals surface area (Å²) in [5.74, 6) is -0.0757. The molecule has 5 rings (SSSR count). The van der Waals surface area contributed by atoms with Gasteiger partial charge in [0.15, 0.2) is 0 Å². The van der Waals surface area contributed by atoms with Gasteiger partial charge in [0.25, 0.3) is 0 Å². The van der Waals surface area contributed by atoms with Gasteiger partial charge in [-0.1, -0.05) is 30.3 Å². The van der Waals surface area contributed by atoms with Crippen molar-refractivity contribution in [3.8, 4) is 11.3 Å². The molecule has 3 aromatic rings. The van der Waals surface area contributed by atoms with Crippen LogP contribution in [-0.2, 0) is 28.1 Å². The smallest absolute Gasteiger partial charge is 0.475 e. The van der Waals surface area contributed by atoms with Crippen molar-refractivity contribution in [2.24, 2.45) is 0 Å². The number of likely N-dealkylation sites (tertiary alicyclic amines) is 1. The molecule has 0 saturated carbocycles. The molecule has 8 nitrogen and oxygen atoms in total. The van der Waals surface area contributed by atoms with E-state index in [0.717, 1.165) is 60.3 Å². The van der Waals surface area contributed by atoms with E-state index in [-0.39, 0.29) is 5.41 Å². The molecule has 2 aromatic heterocycles. The fourth-order valence-electron chi connectivity index (χ4n) is 4.45. The summed E-state index contributed by atoms with van der Waals surface area (Å²) in [5.41, 5.74) is 3.33. The number of hydrogen-bond acceptors (Lipinski definition) is 7. The summed E-state index contributed by atoms with van der Waals surface area (Å²) in [5, 5.41) is 7.12. The van der Waals surface area contributed by atoms with E-state index < -0.39 is 12.1 Å². The summed E-state index contributed by atoms with van der Waals surface area (Å²) in [4.78, 5) is 22.7. The van der Waals surface area contributed by atoms with E-state index in [1.165, 1.54) is 0 Å². The molecule has 2 aliphatic heterocycles. The van der Waals surface area contributed by atoms with Gasteiger partial charge in [-0.15, -0.1) is 0 Å². The predicted octanol–water partition coefficient (Wildman–Crippen LogP) is 4.11. The summed E-state index contributed by atoms with van der Waals surface area (Å²) >= 11 is 0. The minimum Gasteiger partial charge on any atom is -0.475 e. The predicted molar refractivity (Wildman–Crippen MR) is 125 cm³/mol. The van der Waals surface area contributed by atoms with E-state index in [9.17, 15) is 13.2 Å². The number of alkyl halides is 3. The molecule has 1 aromatic carbocycles. The Labute approximate surface area is 206 Å². The number of hydrogen-bond donors (Lipinski definition) is 1. The van der Waals surface area contributed by atoms with Crippen LogP contribution in [0.5, 0.6) is 0 Å². The molecule has 0 bridgehead atoms. The number of nitrogens with zero attached hydrogens (tertiary/aromatic N) is 4. The lowest BCUT2D eigenvalue weighted by atomic mass is 9.80. The SMILES string of the molecule is CN(C)c1ncc2c(n1)C1(CCN(Cc3ccc(-c4ccccc4)o3)C1)COC2.O=C(O)C(F)(F)F. The molecule has 1 atom stereocenters. The van der Waals surface area contributed by atoms with Gasteiger partial charge in [-0.2, -0.15) is 13.2 Å². The number of fused-ring (bicyclic) bond motifs is 2. The number of benzene rings is 1. The first-order valence-electron chi connectivity index (χ1n) is 11.4. The van der Waals surface area contributed by atoms with E-state index in [0.29, 0.717) is 13.2 Å². The van der Waals surface area contributed by atoms with Crippen LogP contribution in [0.2, 0.25) is 0 Å². The van der Waals surface area contributed by atoms with Gasteiger partial charge in [-0.25, -0.2) is 14.8 Å². The molecule has 11 heteroatoms. The summed E-state index contributed by atoms with van der Waals surface area (Å²) in [6, 6.07) is 14.4. The maximum Gasteiger partial charge on any atom is 0.490 e. The summed E-state index contributed by atoms with van der Waals surface area (Å²) < 4.78 is 43.8. The Morgan fingerprint density at radius 3 is 2.58 bits per heavy atom. The van der Waals surface area contributed by atoms with Crippen LogP contribution in [-0.4, -0.2) is 65.9 Å². The average molecular weight is 505 g/mol. The van der Waals surface area contributed by atoms with E-state index >= 15 is 0 Å². The lowest BCUT2D eigenvalue weighted by Crippen LogP contribution is -2.40. The second-order valence-electron chi connectivity index (χ2n) is 9.11. The topological polar surface area (TPSA) is 91.9 Å². The number of anilines is 1. The molecule has 0 aliphatic carbocycles. The van der Waals surface area contributed by atoms with E-state index in [4.69, 9.17) is 24.0 Å². The molecule has 0 amide bonds. The van der Waals surface area contributed by atoms with Crippen molar-refractivity contribution in [1.82, 2.24) is 14.9 Å². The monoisotopic (exact) mass is 504 g/mol. The zero-order chi connectivity index (χ0) is 25.9. The Balaban J connectivity index is 0.000000384. The quantitative estimate of drug-likeness (QED) is 0.568. The third kappa shape index (κ3) is 5.68. The van der Waals surface area contributed by atoms with Crippen LogP contribution < -0.4 is 4.90 Å². The number of carbonyl (C=O) groups is 1. The number of rotatable bonds is 4. The molecule has 192 valence electrons. The molecule has 1 N–H and O–H groups in total. The molecular weight excluding hydrogens is 477 g/mol. The standard InChI is InChI=1S/C23H26N4O2.C2HF3O2/c1-26(2)22-24-12-18-14-28-16-23(21(18)25-22)10-11-27(15-23)13-19-8-9-20(29-19)17-6-4-3-5-7-17;3-2(4,5)1(6)7/h3-9,12H,10-11,13-16H2,1-2H3;(H,6,7). The fourth-order valence-corrected chi connectivity index (χ4v) is 4.45. The van der Waals surface area contributed by atoms with Crippen molar-refractivity contribution in [3.05, 3.63) is 65.7 Å². The van der Waals surface area contributed by atoms with Crippen LogP contribution in [0.25, 0.3) is 11.3 Å². The van der Waals surface area contributed by atoms with Crippen molar-refractivity contribution in [2.45, 2.75) is 31.2 Å². The summed E-state index contributed by atoms with van der Waals surface area (Å²) in [6.07, 6.45) is -2.12. The van der Waals surface area contributed by atoms with Crippen molar-refractivity contribution < 1.29 is 32.2 Å². The number of aliphatic carboxylic acids is 1. The summed E-state index contributed by atoms with van der Waals surface area (Å²) in [6.45, 7) is 4.05. The minimum atomic E-state index is -5.08. The van der Waals surface area contributed by atoms with Gasteiger partial charge in [0.05, 0.1) is 30.9 Å². The van der Waals surface area contributed by atoms with Crippen LogP contribution in [0.3, 0.4) is 0 Å². The Kier molecular flexibility index (Phi) is 7.32. The van der Waals surface area contributed by atoms with Crippen LogP contribution >= 0.6 is 0 Å². The molecule has 1 fully saturated rings. The first-order valence-corrected chi connectivity index (χ1v) is 11.4. The van der Waals surface area contributed by atoms with E-state index in [1.54, 1.807) is 0 Å². The zero-order valence-electron chi connectivity index (χ0n) is 20.0. The molecule has 0 radical (unpaired) electrons. The first kappa shape index (κ1) is 25.6. The molecule has 4 heterocycles. The van der Waals surface area contributed by atoms with Gasteiger partial charge in [-0.05, 0) is 25.1 Å². The molecular formula is C25H27F3N4O4. The lowest BCUT2D eigenvalue weighted by molar-refractivity contribution is -0.192. The van der Waals surface area contributed by atoms with Gasteiger partial charge >= 0.3 is 12.1 Å². The van der Waals surface area contributed by atoms with Gasteiger partial charge in [-0.3, -0.25) is 4.90 Å². The second-order valence-corrected chi connectivity index (χ2v) is 9.11. The van der Waals surface area contributed by atoms with Crippen molar-refractivity contribution in [3.63, 3.8) is 0 Å². The van der Waals surface area contributed by atoms with Crippen LogP contribution in [0.1, 0.15) is 23.4 Å². The normalized spacial score (nSPS) is 19.5. The van der Waals surface area contributed by atoms with Crippen molar-refractivity contribution in [1.29, 1.82) is 0 Å². The maximum absolute atomic E-state index is 10.6. The van der Waals surface area contributed by atoms with Gasteiger partial charge in [0.1, 0.15) is 11.5 Å². The van der Waals surface area contributed by atoms with Gasteiger partial charge in [0, 0.05) is 38.0 Å². The van der Waals surface area contributed by atoms with Crippen molar-refractivity contribution in [2.75, 3.05) is 38.7 Å². The molecule has 2 aliphatic rings. The third-order valence-electron chi connectivity index (χ3n) is 6.16. The molecule has 1 spiro atoms. The highest BCUT2D eigenvalue weighted by atomic mass is 19.4. The highest BCUT2D eigenvalue weighted by molar-refractivity contribution is 5.73.